The van der Waals surface area contributed by atoms with Gasteiger partial charge in [0.25, 0.3) is 0 Å². The molecular weight excluding hydrogens is 356 g/mol. The minimum absolute atomic E-state index is 0.328. The Kier molecular flexibility index (Phi) is 6.77. The molecule has 0 aliphatic carbocycles. The molecule has 2 rings (SSSR count). The van der Waals surface area contributed by atoms with Crippen molar-refractivity contribution < 1.29 is 9.53 Å². The zero-order valence-electron chi connectivity index (χ0n) is 17.5. The van der Waals surface area contributed by atoms with E-state index in [4.69, 9.17) is 10.5 Å². The zero-order valence-corrected chi connectivity index (χ0v) is 17.5. The second-order valence-electron chi connectivity index (χ2n) is 7.72. The monoisotopic (exact) mass is 386 g/mol. The Balaban J connectivity index is 2.25. The number of aromatic nitrogens is 2. The number of aliphatic imine (C=N–C) groups is 2. The molecule has 0 saturated heterocycles. The number of rotatable bonds is 6. The first-order valence-electron chi connectivity index (χ1n) is 9.42. The minimum atomic E-state index is -0.606. The Hall–Kier alpha value is -2.90. The van der Waals surface area contributed by atoms with Crippen LogP contribution in [-0.4, -0.2) is 33.1 Å². The Bertz CT molecular complexity index is 853. The van der Waals surface area contributed by atoms with E-state index in [1.165, 1.54) is 0 Å². The molecule has 0 atom stereocenters. The van der Waals surface area contributed by atoms with Crippen LogP contribution in [0.4, 0.5) is 10.6 Å². The summed E-state index contributed by atoms with van der Waals surface area (Å²) in [5.41, 5.74) is 7.78. The van der Waals surface area contributed by atoms with Crippen LogP contribution in [0.1, 0.15) is 59.4 Å². The third kappa shape index (κ3) is 5.80. The lowest BCUT2D eigenvalue weighted by Crippen LogP contribution is -2.27. The number of carbonyl (C=O) groups is 1. The normalized spacial score (nSPS) is 16.2. The number of hydrogen-bond donors (Lipinski definition) is 2. The maximum absolute atomic E-state index is 12.1. The van der Waals surface area contributed by atoms with Gasteiger partial charge in [-0.2, -0.15) is 5.10 Å². The van der Waals surface area contributed by atoms with Crippen LogP contribution in [0.15, 0.2) is 39.6 Å². The first kappa shape index (κ1) is 21.4. The van der Waals surface area contributed by atoms with Crippen LogP contribution >= 0.6 is 0 Å². The van der Waals surface area contributed by atoms with E-state index >= 15 is 0 Å². The first-order valence-corrected chi connectivity index (χ1v) is 9.42. The highest BCUT2D eigenvalue weighted by Crippen LogP contribution is 2.23. The van der Waals surface area contributed by atoms with Crippen LogP contribution in [-0.2, 0) is 11.8 Å². The van der Waals surface area contributed by atoms with Gasteiger partial charge in [0.15, 0.2) is 17.5 Å². The quantitative estimate of drug-likeness (QED) is 0.723. The van der Waals surface area contributed by atoms with Crippen molar-refractivity contribution in [3.63, 3.8) is 0 Å². The predicted octanol–water partition coefficient (Wildman–Crippen LogP) is 3.90. The summed E-state index contributed by atoms with van der Waals surface area (Å²) in [6.45, 7) is 9.53. The van der Waals surface area contributed by atoms with Crippen LogP contribution in [0.3, 0.4) is 0 Å². The number of aryl methyl sites for hydroxylation is 1. The molecule has 8 nitrogen and oxygen atoms in total. The standard InChI is InChI=1S/C20H30N6O2/c1-7-8-9-10-11-13(2)15-16(21)23-17(22-15)14-12-26(6)25-18(14)24-19(27)28-20(3,4)5/h9-10,12H,7-8,11H2,1-6H3,(H2,21,22,23)(H,24,25,27)/b10-9-,15-13-. The smallest absolute Gasteiger partial charge is 0.413 e. The summed E-state index contributed by atoms with van der Waals surface area (Å²) in [6, 6.07) is 0. The van der Waals surface area contributed by atoms with Crippen molar-refractivity contribution in [3.8, 4) is 0 Å². The van der Waals surface area contributed by atoms with Crippen molar-refractivity contribution in [1.29, 1.82) is 0 Å². The Labute approximate surface area is 166 Å². The number of carbonyl (C=O) groups excluding carboxylic acids is 1. The van der Waals surface area contributed by atoms with Gasteiger partial charge in [-0.25, -0.2) is 14.8 Å². The summed E-state index contributed by atoms with van der Waals surface area (Å²) in [7, 11) is 1.76. The number of nitrogens with two attached hydrogens (primary N) is 1. The van der Waals surface area contributed by atoms with Gasteiger partial charge in [-0.05, 0) is 46.1 Å². The fraction of sp³-hybridized carbons (Fsp3) is 0.500. The molecule has 2 heterocycles. The second-order valence-corrected chi connectivity index (χ2v) is 7.72. The molecule has 152 valence electrons. The first-order chi connectivity index (χ1) is 13.1. The summed E-state index contributed by atoms with van der Waals surface area (Å²) in [5.74, 6) is 1.11. The van der Waals surface area contributed by atoms with Gasteiger partial charge >= 0.3 is 6.09 Å². The number of anilines is 1. The largest absolute Gasteiger partial charge is 0.444 e. The Morgan fingerprint density at radius 1 is 1.32 bits per heavy atom. The topological polar surface area (TPSA) is 107 Å². The van der Waals surface area contributed by atoms with Crippen LogP contribution in [0.25, 0.3) is 0 Å². The minimum Gasteiger partial charge on any atom is -0.444 e. The van der Waals surface area contributed by atoms with Crippen molar-refractivity contribution in [1.82, 2.24) is 9.78 Å². The number of nitrogens with zero attached hydrogens (tertiary/aromatic N) is 4. The molecule has 0 spiro atoms. The lowest BCUT2D eigenvalue weighted by atomic mass is 10.1. The van der Waals surface area contributed by atoms with Crippen LogP contribution < -0.4 is 11.1 Å². The van der Waals surface area contributed by atoms with Crippen molar-refractivity contribution in [2.75, 3.05) is 5.32 Å². The molecule has 1 amide bonds. The molecule has 0 fully saturated rings. The highest BCUT2D eigenvalue weighted by molar-refractivity contribution is 6.18. The fourth-order valence-electron chi connectivity index (χ4n) is 2.58. The number of amidine groups is 2. The van der Waals surface area contributed by atoms with E-state index < -0.39 is 11.7 Å². The number of ether oxygens (including phenoxy) is 1. The Morgan fingerprint density at radius 2 is 2.04 bits per heavy atom. The highest BCUT2D eigenvalue weighted by atomic mass is 16.6. The van der Waals surface area contributed by atoms with Gasteiger partial charge in [0.1, 0.15) is 11.3 Å². The number of hydrogen-bond acceptors (Lipinski definition) is 6. The van der Waals surface area contributed by atoms with Gasteiger partial charge in [-0.3, -0.25) is 10.00 Å². The molecule has 1 aliphatic heterocycles. The fourth-order valence-corrected chi connectivity index (χ4v) is 2.58. The molecule has 1 aliphatic rings. The van der Waals surface area contributed by atoms with Gasteiger partial charge in [0.2, 0.25) is 0 Å². The van der Waals surface area contributed by atoms with E-state index in [1.807, 2.05) is 6.92 Å². The Morgan fingerprint density at radius 3 is 2.68 bits per heavy atom. The predicted molar refractivity (Wildman–Crippen MR) is 113 cm³/mol. The van der Waals surface area contributed by atoms with Crippen molar-refractivity contribution >= 4 is 23.6 Å². The third-order valence-corrected chi connectivity index (χ3v) is 3.83. The summed E-state index contributed by atoms with van der Waals surface area (Å²) < 4.78 is 6.88. The summed E-state index contributed by atoms with van der Waals surface area (Å²) in [4.78, 5) is 21.1. The SMILES string of the molecule is CCC/C=C\C/C(C)=C1\N=C(c2cn(C)nc2NC(=O)OC(C)(C)C)N=C1N. The van der Waals surface area contributed by atoms with E-state index in [2.05, 4.69) is 39.5 Å². The average Bonchev–Trinajstić information content (AvgIpc) is 3.12. The molecule has 0 saturated carbocycles. The molecule has 0 unspecified atom stereocenters. The number of allylic oxidation sites excluding steroid dienone is 3. The molecule has 28 heavy (non-hydrogen) atoms. The van der Waals surface area contributed by atoms with E-state index in [1.54, 1.807) is 38.7 Å². The van der Waals surface area contributed by atoms with E-state index in [0.717, 1.165) is 24.8 Å². The third-order valence-electron chi connectivity index (χ3n) is 3.83. The van der Waals surface area contributed by atoms with Gasteiger partial charge in [0, 0.05) is 13.2 Å². The summed E-state index contributed by atoms with van der Waals surface area (Å²) >= 11 is 0. The lowest BCUT2D eigenvalue weighted by Gasteiger charge is -2.19. The van der Waals surface area contributed by atoms with Crippen molar-refractivity contribution in [2.45, 2.75) is 59.5 Å². The van der Waals surface area contributed by atoms with Crippen LogP contribution in [0, 0.1) is 0 Å². The zero-order chi connectivity index (χ0) is 20.9. The molecule has 3 N–H and O–H groups in total. The maximum Gasteiger partial charge on any atom is 0.413 e. The van der Waals surface area contributed by atoms with Gasteiger partial charge < -0.3 is 10.5 Å². The summed E-state index contributed by atoms with van der Waals surface area (Å²) in [6.07, 6.45) is 8.35. The summed E-state index contributed by atoms with van der Waals surface area (Å²) in [5, 5.41) is 6.94. The number of amides is 1. The van der Waals surface area contributed by atoms with Gasteiger partial charge in [0.05, 0.1) is 5.56 Å². The van der Waals surface area contributed by atoms with E-state index in [-0.39, 0.29) is 0 Å². The van der Waals surface area contributed by atoms with Crippen molar-refractivity contribution in [2.24, 2.45) is 22.8 Å². The van der Waals surface area contributed by atoms with Gasteiger partial charge in [-0.15, -0.1) is 0 Å². The number of unbranched alkanes of at least 4 members (excludes halogenated alkanes) is 1. The molecule has 0 radical (unpaired) electrons. The number of nitrogens with one attached hydrogen (secondary N) is 1. The maximum atomic E-state index is 12.1. The average molecular weight is 387 g/mol. The highest BCUT2D eigenvalue weighted by Gasteiger charge is 2.24. The van der Waals surface area contributed by atoms with Crippen LogP contribution in [0.2, 0.25) is 0 Å². The molecule has 0 aromatic carbocycles. The van der Waals surface area contributed by atoms with E-state index in [9.17, 15) is 4.79 Å². The molecular formula is C20H30N6O2. The van der Waals surface area contributed by atoms with E-state index in [0.29, 0.717) is 28.7 Å². The second kappa shape index (κ2) is 8.86. The lowest BCUT2D eigenvalue weighted by molar-refractivity contribution is 0.0635. The van der Waals surface area contributed by atoms with Crippen LogP contribution in [0.5, 0.6) is 0 Å². The molecule has 1 aromatic heterocycles. The molecule has 1 aromatic rings. The van der Waals surface area contributed by atoms with Gasteiger partial charge in [-0.1, -0.05) is 25.5 Å². The van der Waals surface area contributed by atoms with Crippen molar-refractivity contribution in [3.05, 3.63) is 35.2 Å². The molecule has 0 bridgehead atoms. The molecule has 8 heteroatoms.